The second-order valence-corrected chi connectivity index (χ2v) is 10.8. The number of nitrogens with zero attached hydrogens (tertiary/aromatic N) is 5. The summed E-state index contributed by atoms with van der Waals surface area (Å²) in [7, 11) is -0.196. The van der Waals surface area contributed by atoms with Gasteiger partial charge in [-0.05, 0) is 37.6 Å². The fourth-order valence-electron chi connectivity index (χ4n) is 4.84. The number of Topliss-reactive ketones (excluding diaryl/α,β-unsaturated/α-hetero) is 1. The SMILES string of the molecule is CN1CCN(S(=O)(=O)N(C)C2CCCN3C(=O)C(=O)CN(Cc4ccc(F)cc4)C23)CC1. The summed E-state index contributed by atoms with van der Waals surface area (Å²) >= 11 is 0. The van der Waals surface area contributed by atoms with E-state index in [1.165, 1.54) is 25.6 Å². The van der Waals surface area contributed by atoms with Gasteiger partial charge in [-0.2, -0.15) is 17.0 Å². The lowest BCUT2D eigenvalue weighted by atomic mass is 9.96. The Morgan fingerprint density at radius 2 is 1.72 bits per heavy atom. The molecule has 0 radical (unpaired) electrons. The average molecular weight is 468 g/mol. The first kappa shape index (κ1) is 23.2. The van der Waals surface area contributed by atoms with Crippen LogP contribution in [0.1, 0.15) is 18.4 Å². The van der Waals surface area contributed by atoms with Gasteiger partial charge in [0.1, 0.15) is 12.0 Å². The zero-order valence-corrected chi connectivity index (χ0v) is 19.3. The molecule has 0 aromatic heterocycles. The normalized spacial score (nSPS) is 26.6. The van der Waals surface area contributed by atoms with E-state index in [-0.39, 0.29) is 12.4 Å². The lowest BCUT2D eigenvalue weighted by Gasteiger charge is -2.51. The van der Waals surface area contributed by atoms with E-state index >= 15 is 0 Å². The molecule has 3 fully saturated rings. The summed E-state index contributed by atoms with van der Waals surface area (Å²) < 4.78 is 43.1. The van der Waals surface area contributed by atoms with Gasteiger partial charge in [-0.25, -0.2) is 4.39 Å². The van der Waals surface area contributed by atoms with E-state index < -0.39 is 34.1 Å². The van der Waals surface area contributed by atoms with Crippen molar-refractivity contribution in [1.82, 2.24) is 23.3 Å². The van der Waals surface area contributed by atoms with Gasteiger partial charge in [0, 0.05) is 46.3 Å². The number of benzene rings is 1. The summed E-state index contributed by atoms with van der Waals surface area (Å²) in [6, 6.07) is 5.51. The molecule has 0 aliphatic carbocycles. The molecule has 0 saturated carbocycles. The maximum Gasteiger partial charge on any atom is 0.292 e. The minimum Gasteiger partial charge on any atom is -0.319 e. The molecule has 4 rings (SSSR count). The molecule has 2 unspecified atom stereocenters. The molecule has 1 aromatic rings. The molecule has 3 heterocycles. The predicted molar refractivity (Wildman–Crippen MR) is 116 cm³/mol. The highest BCUT2D eigenvalue weighted by molar-refractivity contribution is 7.86. The van der Waals surface area contributed by atoms with E-state index in [1.807, 2.05) is 11.9 Å². The first-order chi connectivity index (χ1) is 15.2. The van der Waals surface area contributed by atoms with Gasteiger partial charge in [0.15, 0.2) is 0 Å². The quantitative estimate of drug-likeness (QED) is 0.565. The van der Waals surface area contributed by atoms with Gasteiger partial charge in [0.2, 0.25) is 5.78 Å². The van der Waals surface area contributed by atoms with Crippen LogP contribution in [0, 0.1) is 5.82 Å². The first-order valence-electron chi connectivity index (χ1n) is 10.9. The molecule has 9 nitrogen and oxygen atoms in total. The van der Waals surface area contributed by atoms with Crippen molar-refractivity contribution in [1.29, 1.82) is 0 Å². The minimum absolute atomic E-state index is 0.0870. The van der Waals surface area contributed by atoms with Crippen molar-refractivity contribution < 1.29 is 22.4 Å². The van der Waals surface area contributed by atoms with Crippen LogP contribution in [-0.4, -0.2) is 109 Å². The third kappa shape index (κ3) is 4.44. The smallest absolute Gasteiger partial charge is 0.292 e. The molecule has 32 heavy (non-hydrogen) atoms. The Kier molecular flexibility index (Phi) is 6.64. The van der Waals surface area contributed by atoms with Crippen LogP contribution in [0.2, 0.25) is 0 Å². The number of piperidine rings is 1. The van der Waals surface area contributed by atoms with Crippen molar-refractivity contribution in [3.63, 3.8) is 0 Å². The fourth-order valence-corrected chi connectivity index (χ4v) is 6.39. The summed E-state index contributed by atoms with van der Waals surface area (Å²) in [5.41, 5.74) is 0.794. The van der Waals surface area contributed by atoms with Crippen LogP contribution >= 0.6 is 0 Å². The molecular formula is C21H30FN5O4S. The van der Waals surface area contributed by atoms with Crippen LogP contribution in [0.25, 0.3) is 0 Å². The molecule has 1 aromatic carbocycles. The molecule has 176 valence electrons. The average Bonchev–Trinajstić information content (AvgIpc) is 2.78. The molecule has 0 spiro atoms. The number of carbonyl (C=O) groups is 2. The van der Waals surface area contributed by atoms with Crippen molar-refractivity contribution in [2.45, 2.75) is 31.6 Å². The number of rotatable bonds is 5. The maximum absolute atomic E-state index is 13.4. The fraction of sp³-hybridized carbons (Fsp3) is 0.619. The molecule has 1 amide bonds. The van der Waals surface area contributed by atoms with Crippen LogP contribution in [-0.2, 0) is 26.3 Å². The van der Waals surface area contributed by atoms with E-state index in [4.69, 9.17) is 0 Å². The molecule has 3 aliphatic heterocycles. The molecule has 0 N–H and O–H groups in total. The molecule has 2 atom stereocenters. The van der Waals surface area contributed by atoms with E-state index in [2.05, 4.69) is 4.90 Å². The monoisotopic (exact) mass is 467 g/mol. The number of piperazine rings is 1. The van der Waals surface area contributed by atoms with Crippen LogP contribution in [0.15, 0.2) is 24.3 Å². The summed E-state index contributed by atoms with van der Waals surface area (Å²) in [4.78, 5) is 30.5. The second kappa shape index (κ2) is 9.14. The number of halogens is 1. The molecule has 11 heteroatoms. The van der Waals surface area contributed by atoms with Gasteiger partial charge in [0.25, 0.3) is 16.1 Å². The zero-order chi connectivity index (χ0) is 23.0. The van der Waals surface area contributed by atoms with Gasteiger partial charge < -0.3 is 9.80 Å². The maximum atomic E-state index is 13.4. The van der Waals surface area contributed by atoms with Gasteiger partial charge in [-0.3, -0.25) is 14.5 Å². The van der Waals surface area contributed by atoms with Crippen molar-refractivity contribution in [3.05, 3.63) is 35.6 Å². The number of fused-ring (bicyclic) bond motifs is 1. The van der Waals surface area contributed by atoms with Gasteiger partial charge in [-0.15, -0.1) is 0 Å². The molecule has 3 aliphatic rings. The third-order valence-corrected chi connectivity index (χ3v) is 8.72. The lowest BCUT2D eigenvalue weighted by molar-refractivity contribution is -0.162. The van der Waals surface area contributed by atoms with Crippen LogP contribution in [0.3, 0.4) is 0 Å². The number of ketones is 1. The predicted octanol–water partition coefficient (Wildman–Crippen LogP) is -0.0485. The van der Waals surface area contributed by atoms with Crippen molar-refractivity contribution in [2.24, 2.45) is 0 Å². The van der Waals surface area contributed by atoms with Crippen molar-refractivity contribution in [2.75, 3.05) is 53.4 Å². The highest BCUT2D eigenvalue weighted by Gasteiger charge is 2.49. The number of hydrogen-bond acceptors (Lipinski definition) is 6. The Balaban J connectivity index is 1.61. The minimum atomic E-state index is -3.73. The van der Waals surface area contributed by atoms with Crippen LogP contribution in [0.4, 0.5) is 4.39 Å². The summed E-state index contributed by atoms with van der Waals surface area (Å²) in [5, 5.41) is 0. The Hall–Kier alpha value is -1.92. The third-order valence-electron chi connectivity index (χ3n) is 6.70. The first-order valence-corrected chi connectivity index (χ1v) is 12.3. The Bertz CT molecular complexity index is 965. The Morgan fingerprint density at radius 1 is 1.06 bits per heavy atom. The van der Waals surface area contributed by atoms with Gasteiger partial charge >= 0.3 is 0 Å². The summed E-state index contributed by atoms with van der Waals surface area (Å²) in [6.45, 7) is 2.81. The van der Waals surface area contributed by atoms with E-state index in [9.17, 15) is 22.4 Å². The standard InChI is InChI=1S/C21H30FN5O4S/c1-23-10-12-26(13-11-23)32(30,31)24(2)18-4-3-9-27-20(18)25(15-19(28)21(27)29)14-16-5-7-17(22)8-6-16/h5-8,18,20H,3-4,9-15H2,1-2H3. The Labute approximate surface area is 188 Å². The number of amides is 1. The van der Waals surface area contributed by atoms with E-state index in [0.29, 0.717) is 52.1 Å². The number of likely N-dealkylation sites (N-methyl/N-ethyl adjacent to an activating group) is 2. The number of hydrogen-bond donors (Lipinski definition) is 0. The summed E-state index contributed by atoms with van der Waals surface area (Å²) in [5.74, 6) is -1.41. The highest BCUT2D eigenvalue weighted by atomic mass is 32.2. The number of carbonyl (C=O) groups excluding carboxylic acids is 2. The highest BCUT2D eigenvalue weighted by Crippen LogP contribution is 2.31. The van der Waals surface area contributed by atoms with Crippen molar-refractivity contribution in [3.8, 4) is 0 Å². The van der Waals surface area contributed by atoms with Gasteiger partial charge in [-0.1, -0.05) is 12.1 Å². The largest absolute Gasteiger partial charge is 0.319 e. The Morgan fingerprint density at radius 3 is 2.38 bits per heavy atom. The van der Waals surface area contributed by atoms with E-state index in [1.54, 1.807) is 19.2 Å². The summed E-state index contributed by atoms with van der Waals surface area (Å²) in [6.07, 6.45) is 0.658. The molecular weight excluding hydrogens is 437 g/mol. The van der Waals surface area contributed by atoms with Gasteiger partial charge in [0.05, 0.1) is 12.6 Å². The van der Waals surface area contributed by atoms with Crippen LogP contribution in [0.5, 0.6) is 0 Å². The molecule has 0 bridgehead atoms. The molecule has 3 saturated heterocycles. The van der Waals surface area contributed by atoms with Crippen LogP contribution < -0.4 is 0 Å². The zero-order valence-electron chi connectivity index (χ0n) is 18.5. The van der Waals surface area contributed by atoms with Crippen molar-refractivity contribution >= 4 is 21.9 Å². The second-order valence-electron chi connectivity index (χ2n) is 8.80. The lowest BCUT2D eigenvalue weighted by Crippen LogP contribution is -2.70. The topological polar surface area (TPSA) is 84.5 Å². The van der Waals surface area contributed by atoms with E-state index in [0.717, 1.165) is 5.56 Å².